The van der Waals surface area contributed by atoms with E-state index in [1.54, 1.807) is 30.6 Å². The van der Waals surface area contributed by atoms with Gasteiger partial charge in [-0.25, -0.2) is 9.18 Å². The Hall–Kier alpha value is -3.12. The number of methoxy groups -OCH3 is 1. The van der Waals surface area contributed by atoms with Crippen molar-refractivity contribution in [3.05, 3.63) is 76.8 Å². The Morgan fingerprint density at radius 2 is 2.20 bits per heavy atom. The number of anilines is 1. The number of ether oxygens (including phenoxy) is 2. The molecule has 0 aliphatic carbocycles. The number of nitrogens with one attached hydrogen (secondary N) is 1. The highest BCUT2D eigenvalue weighted by molar-refractivity contribution is 6.33. The number of rotatable bonds is 5. The van der Waals surface area contributed by atoms with Crippen LogP contribution in [-0.2, 0) is 4.74 Å². The molecule has 0 radical (unpaired) electrons. The van der Waals surface area contributed by atoms with Crippen molar-refractivity contribution < 1.29 is 18.7 Å². The molecule has 0 bridgehead atoms. The van der Waals surface area contributed by atoms with Crippen LogP contribution in [0.2, 0.25) is 5.02 Å². The number of carbonyl (C=O) groups excluding carboxylic acids is 1. The summed E-state index contributed by atoms with van der Waals surface area (Å²) in [6.07, 6.45) is 4.00. The molecule has 7 heteroatoms. The number of nitrogens with zero attached hydrogens (tertiary/aromatic N) is 1. The molecule has 2 aromatic carbocycles. The minimum absolute atomic E-state index is 0.0957. The van der Waals surface area contributed by atoms with E-state index in [9.17, 15) is 9.18 Å². The summed E-state index contributed by atoms with van der Waals surface area (Å²) in [5.41, 5.74) is 3.54. The number of fused-ring (bicyclic) bond motifs is 1. The smallest absolute Gasteiger partial charge is 0.340 e. The van der Waals surface area contributed by atoms with E-state index in [0.29, 0.717) is 30.0 Å². The number of hydrogen-bond acceptors (Lipinski definition) is 5. The van der Waals surface area contributed by atoms with Crippen molar-refractivity contribution in [1.29, 1.82) is 0 Å². The van der Waals surface area contributed by atoms with Gasteiger partial charge in [0.2, 0.25) is 0 Å². The molecule has 0 saturated carbocycles. The van der Waals surface area contributed by atoms with Gasteiger partial charge in [-0.2, -0.15) is 0 Å². The van der Waals surface area contributed by atoms with Gasteiger partial charge in [-0.1, -0.05) is 35.9 Å². The van der Waals surface area contributed by atoms with E-state index in [0.717, 1.165) is 23.3 Å². The average molecular weight is 427 g/mol. The molecule has 1 aliphatic heterocycles. The maximum atomic E-state index is 13.8. The molecular formula is C23H20ClFN2O3. The molecule has 3 aromatic rings. The van der Waals surface area contributed by atoms with Gasteiger partial charge >= 0.3 is 5.97 Å². The van der Waals surface area contributed by atoms with Gasteiger partial charge in [0.25, 0.3) is 0 Å². The number of carbonyl (C=O) groups is 1. The highest BCUT2D eigenvalue weighted by Crippen LogP contribution is 2.39. The van der Waals surface area contributed by atoms with Crippen LogP contribution < -0.4 is 10.1 Å². The zero-order valence-corrected chi connectivity index (χ0v) is 17.1. The Morgan fingerprint density at radius 1 is 1.33 bits per heavy atom. The topological polar surface area (TPSA) is 60.5 Å². The minimum Gasteiger partial charge on any atom is -0.493 e. The minimum atomic E-state index is -0.451. The van der Waals surface area contributed by atoms with Crippen molar-refractivity contribution in [1.82, 2.24) is 4.98 Å². The summed E-state index contributed by atoms with van der Waals surface area (Å²) in [5, 5.41) is 3.41. The third-order valence-electron chi connectivity index (χ3n) is 5.21. The average Bonchev–Trinajstić information content (AvgIpc) is 2.78. The van der Waals surface area contributed by atoms with Gasteiger partial charge in [0.05, 0.1) is 36.2 Å². The van der Waals surface area contributed by atoms with E-state index in [-0.39, 0.29) is 10.9 Å². The fourth-order valence-corrected chi connectivity index (χ4v) is 3.86. The van der Waals surface area contributed by atoms with Crippen LogP contribution in [0.1, 0.15) is 28.3 Å². The number of aromatic nitrogens is 1. The van der Waals surface area contributed by atoms with E-state index >= 15 is 0 Å². The van der Waals surface area contributed by atoms with Gasteiger partial charge in [0.15, 0.2) is 0 Å². The van der Waals surface area contributed by atoms with Crippen LogP contribution in [0.3, 0.4) is 0 Å². The highest BCUT2D eigenvalue weighted by Gasteiger charge is 2.23. The fourth-order valence-electron chi connectivity index (χ4n) is 3.63. The zero-order chi connectivity index (χ0) is 21.1. The first-order valence-corrected chi connectivity index (χ1v) is 9.93. The summed E-state index contributed by atoms with van der Waals surface area (Å²) < 4.78 is 24.5. The van der Waals surface area contributed by atoms with Crippen molar-refractivity contribution in [3.63, 3.8) is 0 Å². The molecule has 1 aliphatic rings. The normalized spacial score (nSPS) is 15.1. The van der Waals surface area contributed by atoms with E-state index in [2.05, 4.69) is 10.3 Å². The third kappa shape index (κ3) is 3.96. The maximum Gasteiger partial charge on any atom is 0.340 e. The first-order valence-electron chi connectivity index (χ1n) is 9.56. The van der Waals surface area contributed by atoms with Crippen LogP contribution in [-0.4, -0.2) is 31.2 Å². The molecule has 1 N–H and O–H groups in total. The lowest BCUT2D eigenvalue weighted by Gasteiger charge is -2.27. The molecule has 4 rings (SSSR count). The van der Waals surface area contributed by atoms with E-state index in [4.69, 9.17) is 21.1 Å². The highest BCUT2D eigenvalue weighted by atomic mass is 35.5. The Morgan fingerprint density at radius 3 is 3.03 bits per heavy atom. The molecule has 154 valence electrons. The van der Waals surface area contributed by atoms with E-state index in [1.165, 1.54) is 13.2 Å². The quantitative estimate of drug-likeness (QED) is 0.560. The van der Waals surface area contributed by atoms with Crippen LogP contribution in [0.4, 0.5) is 10.1 Å². The van der Waals surface area contributed by atoms with Crippen LogP contribution in [0.15, 0.2) is 54.9 Å². The Labute approximate surface area is 178 Å². The second-order valence-corrected chi connectivity index (χ2v) is 7.36. The summed E-state index contributed by atoms with van der Waals surface area (Å²) in [5.74, 6) is 0.0680. The van der Waals surface area contributed by atoms with Crippen molar-refractivity contribution in [2.24, 2.45) is 0 Å². The molecule has 5 nitrogen and oxygen atoms in total. The summed E-state index contributed by atoms with van der Waals surface area (Å²) in [6.45, 7) is 1.17. The molecule has 2 heterocycles. The second kappa shape index (κ2) is 8.71. The van der Waals surface area contributed by atoms with E-state index in [1.807, 2.05) is 18.2 Å². The molecule has 0 spiro atoms. The molecule has 1 atom stereocenters. The lowest BCUT2D eigenvalue weighted by molar-refractivity contribution is 0.0601. The van der Waals surface area contributed by atoms with Gasteiger partial charge in [-0.3, -0.25) is 4.98 Å². The molecule has 0 fully saturated rings. The Balaban J connectivity index is 1.57. The molecule has 0 amide bonds. The standard InChI is InChI=1S/C23H20ClFN2O3/c1-29-23(28)18-7-9-26-13-20(18)27-12-15-8-10-30-21-11-14(5-6-16(15)21)17-3-2-4-19(25)22(17)24/h2-7,9,11,13,15,27H,8,10,12H2,1H3/t15-/m0/s1. The van der Waals surface area contributed by atoms with Gasteiger partial charge in [-0.15, -0.1) is 0 Å². The van der Waals surface area contributed by atoms with Gasteiger partial charge < -0.3 is 14.8 Å². The number of esters is 1. The molecular weight excluding hydrogens is 407 g/mol. The van der Waals surface area contributed by atoms with Crippen molar-refractivity contribution in [2.45, 2.75) is 12.3 Å². The van der Waals surface area contributed by atoms with Gasteiger partial charge in [0.1, 0.15) is 11.6 Å². The lowest BCUT2D eigenvalue weighted by atomic mass is 9.91. The van der Waals surface area contributed by atoms with Crippen molar-refractivity contribution in [3.8, 4) is 16.9 Å². The van der Waals surface area contributed by atoms with Crippen molar-refractivity contribution >= 4 is 23.3 Å². The number of hydrogen-bond donors (Lipinski definition) is 1. The van der Waals surface area contributed by atoms with Gasteiger partial charge in [-0.05, 0) is 35.7 Å². The second-order valence-electron chi connectivity index (χ2n) is 6.98. The lowest BCUT2D eigenvalue weighted by Crippen LogP contribution is -2.21. The third-order valence-corrected chi connectivity index (χ3v) is 5.59. The molecule has 1 aromatic heterocycles. The predicted octanol–water partition coefficient (Wildman–Crippen LogP) is 5.31. The summed E-state index contributed by atoms with van der Waals surface area (Å²) in [6, 6.07) is 12.2. The van der Waals surface area contributed by atoms with Gasteiger partial charge in [0, 0.05) is 24.2 Å². The monoisotopic (exact) mass is 426 g/mol. The van der Waals surface area contributed by atoms with Crippen LogP contribution >= 0.6 is 11.6 Å². The molecule has 30 heavy (non-hydrogen) atoms. The van der Waals surface area contributed by atoms with Crippen LogP contribution in [0.5, 0.6) is 5.75 Å². The van der Waals surface area contributed by atoms with Crippen molar-refractivity contribution in [2.75, 3.05) is 25.6 Å². The largest absolute Gasteiger partial charge is 0.493 e. The fraction of sp³-hybridized carbons (Fsp3) is 0.217. The number of halogens is 2. The SMILES string of the molecule is COC(=O)c1ccncc1NC[C@@H]1CCOc2cc(-c3cccc(F)c3Cl)ccc21. The summed E-state index contributed by atoms with van der Waals surface area (Å²) in [4.78, 5) is 16.1. The Kier molecular flexibility index (Phi) is 5.86. The first kappa shape index (κ1) is 20.2. The molecule has 0 unspecified atom stereocenters. The number of benzene rings is 2. The van der Waals surface area contributed by atoms with Crippen LogP contribution in [0.25, 0.3) is 11.1 Å². The van der Waals surface area contributed by atoms with Crippen LogP contribution in [0, 0.1) is 5.82 Å². The summed E-state index contributed by atoms with van der Waals surface area (Å²) in [7, 11) is 1.35. The predicted molar refractivity (Wildman–Crippen MR) is 114 cm³/mol. The zero-order valence-electron chi connectivity index (χ0n) is 16.3. The van der Waals surface area contributed by atoms with E-state index < -0.39 is 11.8 Å². The maximum absolute atomic E-state index is 13.8. The summed E-state index contributed by atoms with van der Waals surface area (Å²) >= 11 is 6.14. The Bertz CT molecular complexity index is 1090. The molecule has 0 saturated heterocycles. The number of pyridine rings is 1. The first-order chi connectivity index (χ1) is 14.6.